The molecule has 0 saturated carbocycles. The molecule has 2 amide bonds. The molecule has 0 aromatic heterocycles. The third-order valence-electron chi connectivity index (χ3n) is 7.83. The smallest absolute Gasteiger partial charge is 0.260 e. The highest BCUT2D eigenvalue weighted by atomic mass is 31.2. The molecule has 0 radical (unpaired) electrons. The van der Waals surface area contributed by atoms with Gasteiger partial charge in [-0.1, -0.05) is 97.1 Å². The number of nitrogens with one attached hydrogen (secondary N) is 2. The Morgan fingerprint density at radius 2 is 1.07 bits per heavy atom. The molecule has 5 aromatic rings. The van der Waals surface area contributed by atoms with Crippen LogP contribution in [-0.2, 0) is 16.0 Å². The van der Waals surface area contributed by atoms with E-state index < -0.39 is 24.5 Å². The van der Waals surface area contributed by atoms with Crippen molar-refractivity contribution in [3.05, 3.63) is 157 Å². The van der Waals surface area contributed by atoms with Crippen molar-refractivity contribution in [2.45, 2.75) is 12.0 Å². The summed E-state index contributed by atoms with van der Waals surface area (Å²) in [5, 5.41) is 9.04. The van der Waals surface area contributed by atoms with Crippen LogP contribution in [0.25, 0.3) is 0 Å². The molecule has 0 saturated heterocycles. The second kappa shape index (κ2) is 11.6. The quantitative estimate of drug-likeness (QED) is 0.206. The van der Waals surface area contributed by atoms with E-state index in [4.69, 9.17) is 0 Å². The van der Waals surface area contributed by atoms with Crippen molar-refractivity contribution in [3.63, 3.8) is 0 Å². The van der Waals surface area contributed by atoms with Crippen LogP contribution in [0.1, 0.15) is 15.9 Å². The van der Waals surface area contributed by atoms with Gasteiger partial charge in [-0.05, 0) is 54.1 Å². The topological polar surface area (TPSA) is 75.3 Å². The number of carbonyl (C=O) groups is 3. The van der Waals surface area contributed by atoms with E-state index >= 15 is 0 Å². The number of fused-ring (bicyclic) bond motifs is 1. The lowest BCUT2D eigenvalue weighted by molar-refractivity contribution is -0.127. The van der Waals surface area contributed by atoms with E-state index in [1.807, 2.05) is 84.9 Å². The minimum Gasteiger partial charge on any atom is -0.332 e. The lowest BCUT2D eigenvalue weighted by Crippen LogP contribution is -2.66. The van der Waals surface area contributed by atoms with Crippen LogP contribution in [0.3, 0.4) is 0 Å². The molecule has 1 aliphatic rings. The van der Waals surface area contributed by atoms with Gasteiger partial charge in [0.05, 0.1) is 5.69 Å². The summed E-state index contributed by atoms with van der Waals surface area (Å²) in [6, 6.07) is 46.5. The number of amides is 2. The SMILES string of the molecule is O=C(C[P+](c1ccccc1)(c1ccccc1)c1ccccc1)NC1(Cc2ccccc2)C(=O)Nc2ccccc2C1=O. The number of para-hydroxylation sites is 1. The Bertz CT molecular complexity index is 1630. The predicted octanol–water partition coefficient (Wildman–Crippen LogP) is 4.91. The summed E-state index contributed by atoms with van der Waals surface area (Å²) >= 11 is 0. The van der Waals surface area contributed by atoms with E-state index in [0.29, 0.717) is 11.3 Å². The highest BCUT2D eigenvalue weighted by Crippen LogP contribution is 2.55. The van der Waals surface area contributed by atoms with E-state index in [2.05, 4.69) is 47.0 Å². The van der Waals surface area contributed by atoms with Gasteiger partial charge in [-0.3, -0.25) is 14.4 Å². The maximum absolute atomic E-state index is 14.4. The summed E-state index contributed by atoms with van der Waals surface area (Å²) in [5.41, 5.74) is -0.198. The van der Waals surface area contributed by atoms with Gasteiger partial charge in [0, 0.05) is 12.0 Å². The summed E-state index contributed by atoms with van der Waals surface area (Å²) in [7, 11) is -2.55. The Kier molecular flexibility index (Phi) is 7.52. The summed E-state index contributed by atoms with van der Waals surface area (Å²) < 4.78 is 0. The van der Waals surface area contributed by atoms with Crippen molar-refractivity contribution in [1.29, 1.82) is 0 Å². The Balaban J connectivity index is 1.47. The van der Waals surface area contributed by atoms with Crippen LogP contribution in [0.5, 0.6) is 0 Å². The van der Waals surface area contributed by atoms with Crippen LogP contribution >= 0.6 is 7.26 Å². The Morgan fingerprint density at radius 3 is 1.60 bits per heavy atom. The third-order valence-corrected chi connectivity index (χ3v) is 12.1. The molecule has 0 bridgehead atoms. The number of benzene rings is 5. The van der Waals surface area contributed by atoms with Gasteiger partial charge in [0.2, 0.25) is 0 Å². The van der Waals surface area contributed by atoms with Crippen molar-refractivity contribution >= 4 is 46.5 Å². The number of rotatable bonds is 8. The van der Waals surface area contributed by atoms with Crippen molar-refractivity contribution < 1.29 is 14.4 Å². The third kappa shape index (κ3) is 4.93. The molecule has 1 heterocycles. The Hall–Kier alpha value is -4.86. The lowest BCUT2D eigenvalue weighted by Gasteiger charge is -2.37. The van der Waals surface area contributed by atoms with Crippen molar-refractivity contribution in [3.8, 4) is 0 Å². The number of anilines is 1. The minimum absolute atomic E-state index is 0.0338. The van der Waals surface area contributed by atoms with E-state index in [1.165, 1.54) is 0 Å². The molecule has 5 nitrogen and oxygen atoms in total. The second-order valence-electron chi connectivity index (χ2n) is 10.4. The highest BCUT2D eigenvalue weighted by Gasteiger charge is 2.54. The summed E-state index contributed by atoms with van der Waals surface area (Å²) in [6.07, 6.45) is 0.121. The Labute approximate surface area is 246 Å². The van der Waals surface area contributed by atoms with Gasteiger partial charge >= 0.3 is 0 Å². The van der Waals surface area contributed by atoms with Gasteiger partial charge in [0.15, 0.2) is 17.5 Å². The van der Waals surface area contributed by atoms with Gasteiger partial charge in [-0.25, -0.2) is 0 Å². The predicted molar refractivity (Wildman–Crippen MR) is 170 cm³/mol. The molecule has 6 heteroatoms. The van der Waals surface area contributed by atoms with Gasteiger partial charge in [0.1, 0.15) is 23.2 Å². The summed E-state index contributed by atoms with van der Waals surface area (Å²) in [6.45, 7) is 0. The first-order chi connectivity index (χ1) is 20.5. The molecular formula is C36H30N2O3P+. The molecule has 2 N–H and O–H groups in total. The maximum Gasteiger partial charge on any atom is 0.260 e. The maximum atomic E-state index is 14.4. The van der Waals surface area contributed by atoms with Crippen LogP contribution in [0, 0.1) is 0 Å². The van der Waals surface area contributed by atoms with Crippen LogP contribution in [-0.4, -0.2) is 29.3 Å². The van der Waals surface area contributed by atoms with Crippen LogP contribution in [0.15, 0.2) is 146 Å². The van der Waals surface area contributed by atoms with Crippen molar-refractivity contribution in [1.82, 2.24) is 5.32 Å². The van der Waals surface area contributed by atoms with E-state index in [9.17, 15) is 14.4 Å². The first-order valence-electron chi connectivity index (χ1n) is 13.9. The standard InChI is InChI=1S/C36H29N2O3P/c39-33(26-42(28-17-7-2-8-18-28,29-19-9-3-10-20-29)30-21-11-4-12-22-30)38-36(25-27-15-5-1-6-16-27)34(40)31-23-13-14-24-32(31)37-35(36)41/h1-24H,25-26H2,(H-,37,38,39,40,41)/p+1. The zero-order chi connectivity index (χ0) is 29.0. The molecule has 42 heavy (non-hydrogen) atoms. The minimum atomic E-state index is -2.55. The van der Waals surface area contributed by atoms with Crippen LogP contribution < -0.4 is 26.5 Å². The highest BCUT2D eigenvalue weighted by molar-refractivity contribution is 7.96. The number of hydrogen-bond donors (Lipinski definition) is 2. The van der Waals surface area contributed by atoms with Gasteiger partial charge in [-0.2, -0.15) is 0 Å². The fourth-order valence-electron chi connectivity index (χ4n) is 5.83. The zero-order valence-electron chi connectivity index (χ0n) is 22.9. The average molecular weight is 570 g/mol. The largest absolute Gasteiger partial charge is 0.332 e. The molecule has 0 fully saturated rings. The monoisotopic (exact) mass is 569 g/mol. The lowest BCUT2D eigenvalue weighted by atomic mass is 9.79. The molecule has 6 rings (SSSR count). The fraction of sp³-hybridized carbons (Fsp3) is 0.0833. The number of hydrogen-bond acceptors (Lipinski definition) is 3. The van der Waals surface area contributed by atoms with Crippen molar-refractivity contribution in [2.75, 3.05) is 11.5 Å². The zero-order valence-corrected chi connectivity index (χ0v) is 23.8. The molecule has 0 spiro atoms. The molecule has 206 valence electrons. The molecule has 1 unspecified atom stereocenters. The number of Topliss-reactive ketones (excluding diaryl/α,β-unsaturated/α-hetero) is 1. The molecule has 1 atom stereocenters. The molecule has 5 aromatic carbocycles. The average Bonchev–Trinajstić information content (AvgIpc) is 3.04. The summed E-state index contributed by atoms with van der Waals surface area (Å²) in [4.78, 5) is 42.5. The number of carbonyl (C=O) groups excluding carboxylic acids is 3. The molecule has 0 aliphatic carbocycles. The van der Waals surface area contributed by atoms with Crippen molar-refractivity contribution in [2.24, 2.45) is 0 Å². The van der Waals surface area contributed by atoms with Gasteiger partial charge < -0.3 is 10.6 Å². The first kappa shape index (κ1) is 27.3. The van der Waals surface area contributed by atoms with Gasteiger partial charge in [0.25, 0.3) is 11.8 Å². The van der Waals surface area contributed by atoms with Gasteiger partial charge in [-0.15, -0.1) is 0 Å². The van der Waals surface area contributed by atoms with E-state index in [0.717, 1.165) is 21.5 Å². The second-order valence-corrected chi connectivity index (χ2v) is 13.9. The molecular weight excluding hydrogens is 539 g/mol. The van der Waals surface area contributed by atoms with Crippen LogP contribution in [0.2, 0.25) is 0 Å². The number of ketones is 1. The Morgan fingerprint density at radius 1 is 0.619 bits per heavy atom. The van der Waals surface area contributed by atoms with E-state index in [1.54, 1.807) is 24.3 Å². The fourth-order valence-corrected chi connectivity index (χ4v) is 9.83. The van der Waals surface area contributed by atoms with Crippen LogP contribution in [0.4, 0.5) is 5.69 Å². The first-order valence-corrected chi connectivity index (χ1v) is 15.9. The van der Waals surface area contributed by atoms with E-state index in [-0.39, 0.29) is 18.5 Å². The summed E-state index contributed by atoms with van der Waals surface area (Å²) in [5.74, 6) is -1.31. The molecule has 1 aliphatic heterocycles. The normalized spacial score (nSPS) is 16.3.